The second-order valence-corrected chi connectivity index (χ2v) is 16.9. The summed E-state index contributed by atoms with van der Waals surface area (Å²) in [6, 6.07) is 66.8. The molecular formula is C59H49N5. The summed E-state index contributed by atoms with van der Waals surface area (Å²) in [6.07, 6.45) is 0. The van der Waals surface area contributed by atoms with Crippen molar-refractivity contribution >= 4 is 55.9 Å². The van der Waals surface area contributed by atoms with Gasteiger partial charge in [0.05, 0.1) is 17.1 Å². The highest BCUT2D eigenvalue weighted by Crippen LogP contribution is 2.47. The molecule has 0 aliphatic heterocycles. The lowest BCUT2D eigenvalue weighted by atomic mass is 9.95. The fourth-order valence-corrected chi connectivity index (χ4v) is 9.53. The number of rotatable bonds is 9. The van der Waals surface area contributed by atoms with E-state index in [1.54, 1.807) is 0 Å². The normalized spacial score (nSPS) is 11.3. The van der Waals surface area contributed by atoms with Crippen LogP contribution in [0.5, 0.6) is 0 Å². The molecule has 0 aliphatic carbocycles. The Hall–Kier alpha value is -7.89. The van der Waals surface area contributed by atoms with Crippen molar-refractivity contribution < 1.29 is 0 Å². The van der Waals surface area contributed by atoms with Gasteiger partial charge in [0.25, 0.3) is 0 Å². The summed E-state index contributed by atoms with van der Waals surface area (Å²) < 4.78 is 0. The van der Waals surface area contributed by atoms with Crippen LogP contribution in [-0.2, 0) is 0 Å². The molecule has 10 aromatic rings. The molecule has 10 rings (SSSR count). The molecule has 5 heteroatoms. The van der Waals surface area contributed by atoms with Gasteiger partial charge in [-0.15, -0.1) is 0 Å². The van der Waals surface area contributed by atoms with Crippen molar-refractivity contribution in [2.24, 2.45) is 0 Å². The molecule has 0 atom stereocenters. The monoisotopic (exact) mass is 827 g/mol. The van der Waals surface area contributed by atoms with Gasteiger partial charge < -0.3 is 4.90 Å². The maximum absolute atomic E-state index is 5.41. The third-order valence-electron chi connectivity index (χ3n) is 12.2. The molecule has 5 nitrogen and oxygen atoms in total. The fraction of sp³-hybridized carbons (Fsp3) is 0.102. The molecule has 64 heavy (non-hydrogen) atoms. The molecule has 0 spiro atoms. The number of aromatic nitrogens is 3. The van der Waals surface area contributed by atoms with Gasteiger partial charge in [-0.2, -0.15) is 9.97 Å². The summed E-state index contributed by atoms with van der Waals surface area (Å²) in [4.78, 5) is 20.6. The average Bonchev–Trinajstić information content (AvgIpc) is 3.31. The molecular weight excluding hydrogens is 779 g/mol. The van der Waals surface area contributed by atoms with E-state index in [0.29, 0.717) is 17.6 Å². The Kier molecular flexibility index (Phi) is 10.5. The van der Waals surface area contributed by atoms with Crippen molar-refractivity contribution in [3.05, 3.63) is 221 Å². The number of aryl methyl sites for hydroxylation is 6. The number of benzene rings is 9. The highest BCUT2D eigenvalue weighted by atomic mass is 15.3. The molecule has 0 N–H and O–H groups in total. The third-order valence-corrected chi connectivity index (χ3v) is 12.2. The van der Waals surface area contributed by atoms with Crippen LogP contribution >= 0.6 is 0 Å². The molecule has 0 radical (unpaired) electrons. The second-order valence-electron chi connectivity index (χ2n) is 16.9. The first-order valence-electron chi connectivity index (χ1n) is 21.9. The van der Waals surface area contributed by atoms with Crippen LogP contribution in [-0.4, -0.2) is 15.0 Å². The van der Waals surface area contributed by atoms with Crippen molar-refractivity contribution in [3.8, 4) is 33.9 Å². The molecule has 9 aromatic carbocycles. The van der Waals surface area contributed by atoms with Gasteiger partial charge in [-0.3, -0.25) is 4.90 Å². The van der Waals surface area contributed by atoms with Crippen LogP contribution in [0.15, 0.2) is 188 Å². The number of hydrogen-bond donors (Lipinski definition) is 0. The van der Waals surface area contributed by atoms with Crippen LogP contribution in [0.25, 0.3) is 55.4 Å². The summed E-state index contributed by atoms with van der Waals surface area (Å²) in [5.41, 5.74) is 16.8. The Morgan fingerprint density at radius 3 is 1.41 bits per heavy atom. The van der Waals surface area contributed by atoms with Crippen LogP contribution in [0.2, 0.25) is 0 Å². The van der Waals surface area contributed by atoms with Crippen LogP contribution in [0.3, 0.4) is 0 Å². The zero-order valence-corrected chi connectivity index (χ0v) is 37.1. The van der Waals surface area contributed by atoms with E-state index in [-0.39, 0.29) is 0 Å². The van der Waals surface area contributed by atoms with Crippen molar-refractivity contribution in [1.29, 1.82) is 0 Å². The Morgan fingerprint density at radius 2 is 0.812 bits per heavy atom. The third kappa shape index (κ3) is 7.56. The van der Waals surface area contributed by atoms with E-state index in [0.717, 1.165) is 60.9 Å². The number of fused-ring (bicyclic) bond motifs is 2. The summed E-state index contributed by atoms with van der Waals surface area (Å²) in [7, 11) is 0. The van der Waals surface area contributed by atoms with Crippen molar-refractivity contribution in [3.63, 3.8) is 0 Å². The Labute approximate surface area is 376 Å². The lowest BCUT2D eigenvalue weighted by Crippen LogP contribution is -2.18. The first-order valence-corrected chi connectivity index (χ1v) is 21.9. The lowest BCUT2D eigenvalue weighted by Gasteiger charge is -2.32. The molecule has 0 saturated heterocycles. The van der Waals surface area contributed by atoms with Crippen molar-refractivity contribution in [1.82, 2.24) is 15.0 Å². The zero-order valence-electron chi connectivity index (χ0n) is 37.1. The van der Waals surface area contributed by atoms with Crippen LogP contribution in [0, 0.1) is 41.5 Å². The maximum atomic E-state index is 5.41. The Morgan fingerprint density at radius 1 is 0.344 bits per heavy atom. The minimum Gasteiger partial charge on any atom is -0.309 e. The highest BCUT2D eigenvalue weighted by Gasteiger charge is 2.26. The largest absolute Gasteiger partial charge is 0.309 e. The molecule has 0 saturated carbocycles. The minimum absolute atomic E-state index is 0.518. The van der Waals surface area contributed by atoms with E-state index < -0.39 is 0 Å². The summed E-state index contributed by atoms with van der Waals surface area (Å²) >= 11 is 0. The summed E-state index contributed by atoms with van der Waals surface area (Å²) in [5, 5.41) is 4.58. The Bertz CT molecular complexity index is 3240. The molecule has 1 aromatic heterocycles. The molecule has 0 unspecified atom stereocenters. The van der Waals surface area contributed by atoms with Gasteiger partial charge in [-0.05, 0) is 127 Å². The van der Waals surface area contributed by atoms with E-state index >= 15 is 0 Å². The smallest absolute Gasteiger partial charge is 0.238 e. The predicted molar refractivity (Wildman–Crippen MR) is 269 cm³/mol. The quantitative estimate of drug-likeness (QED) is 0.145. The number of anilines is 6. The summed E-state index contributed by atoms with van der Waals surface area (Å²) in [5.74, 6) is 1.71. The first kappa shape index (κ1) is 40.2. The summed E-state index contributed by atoms with van der Waals surface area (Å²) in [6.45, 7) is 13.2. The Balaban J connectivity index is 1.24. The van der Waals surface area contributed by atoms with Crippen molar-refractivity contribution in [2.75, 3.05) is 9.80 Å². The number of hydrogen-bond acceptors (Lipinski definition) is 5. The van der Waals surface area contributed by atoms with E-state index in [1.807, 2.05) is 18.2 Å². The molecule has 0 fully saturated rings. The first-order chi connectivity index (χ1) is 31.2. The van der Waals surface area contributed by atoms with Gasteiger partial charge in [-0.1, -0.05) is 163 Å². The predicted octanol–water partition coefficient (Wildman–Crippen LogP) is 16.0. The molecule has 1 heterocycles. The zero-order chi connectivity index (χ0) is 43.9. The maximum Gasteiger partial charge on any atom is 0.238 e. The topological polar surface area (TPSA) is 45.2 Å². The molecule has 0 bridgehead atoms. The van der Waals surface area contributed by atoms with E-state index in [9.17, 15) is 0 Å². The van der Waals surface area contributed by atoms with Crippen LogP contribution in [0.1, 0.15) is 33.4 Å². The van der Waals surface area contributed by atoms with Gasteiger partial charge in [0.2, 0.25) is 5.95 Å². The molecule has 310 valence electrons. The van der Waals surface area contributed by atoms with E-state index in [2.05, 4.69) is 221 Å². The van der Waals surface area contributed by atoms with Gasteiger partial charge >= 0.3 is 0 Å². The van der Waals surface area contributed by atoms with E-state index in [4.69, 9.17) is 15.0 Å². The molecule has 0 aliphatic rings. The average molecular weight is 828 g/mol. The van der Waals surface area contributed by atoms with E-state index in [1.165, 1.54) is 44.8 Å². The van der Waals surface area contributed by atoms with Gasteiger partial charge in [0.1, 0.15) is 0 Å². The number of nitrogens with zero attached hydrogens (tertiary/aromatic N) is 5. The standard InChI is InChI=1S/C59H49N5/c1-38-33-40(3)55(41(4)34-38)64(56-42(5)35-39(2)36-43(56)6)51-30-28-50(29-31-51)63(53-32-27-45-18-15-16-24-52(45)54(53)46-19-9-7-10-20-46)59-61-57(47-21-11-8-12-22-47)60-58(62-59)49-26-25-44-17-13-14-23-48(44)37-49/h7-37H,1-6H3. The SMILES string of the molecule is Cc1cc(C)c(N(c2ccc(N(c3nc(-c4ccccc4)nc(-c4ccc5ccccc5c4)n3)c3ccc4ccccc4c3-c3ccccc3)cc2)c2c(C)cc(C)cc2C)c(C)c1. The highest BCUT2D eigenvalue weighted by molar-refractivity contribution is 6.05. The van der Waals surface area contributed by atoms with Gasteiger partial charge in [0, 0.05) is 28.1 Å². The van der Waals surface area contributed by atoms with Crippen LogP contribution < -0.4 is 9.80 Å². The molecule has 0 amide bonds. The van der Waals surface area contributed by atoms with Gasteiger partial charge in [0.15, 0.2) is 11.6 Å². The lowest BCUT2D eigenvalue weighted by molar-refractivity contribution is 1.02. The minimum atomic E-state index is 0.518. The van der Waals surface area contributed by atoms with Crippen molar-refractivity contribution in [2.45, 2.75) is 41.5 Å². The van der Waals surface area contributed by atoms with Gasteiger partial charge in [-0.25, -0.2) is 4.98 Å². The second kappa shape index (κ2) is 16.8. The fourth-order valence-electron chi connectivity index (χ4n) is 9.53. The van der Waals surface area contributed by atoms with Crippen LogP contribution in [0.4, 0.5) is 34.4 Å².